The number of hydrogen-bond donors (Lipinski definition) is 1. The average Bonchev–Trinajstić information content (AvgIpc) is 2.97. The van der Waals surface area contributed by atoms with Gasteiger partial charge in [0.15, 0.2) is 0 Å². The molecule has 140 valence electrons. The molecule has 5 heteroatoms. The summed E-state index contributed by atoms with van der Waals surface area (Å²) >= 11 is 0. The van der Waals surface area contributed by atoms with E-state index in [1.54, 1.807) is 12.4 Å². The fraction of sp³-hybridized carbons (Fsp3) is 0.273. The van der Waals surface area contributed by atoms with Gasteiger partial charge < -0.3 is 14.8 Å². The summed E-state index contributed by atoms with van der Waals surface area (Å²) in [7, 11) is 4.05. The Morgan fingerprint density at radius 3 is 2.52 bits per heavy atom. The van der Waals surface area contributed by atoms with Crippen molar-refractivity contribution in [2.24, 2.45) is 0 Å². The number of aryl methyl sites for hydroxylation is 1. The molecule has 1 N–H and O–H groups in total. The van der Waals surface area contributed by atoms with Gasteiger partial charge in [0.1, 0.15) is 0 Å². The predicted molar refractivity (Wildman–Crippen MR) is 108 cm³/mol. The molecule has 27 heavy (non-hydrogen) atoms. The Hall–Kier alpha value is -2.92. The van der Waals surface area contributed by atoms with Gasteiger partial charge in [-0.05, 0) is 51.7 Å². The first-order chi connectivity index (χ1) is 13.0. The number of carbonyl (C=O) groups excluding carboxylic acids is 1. The van der Waals surface area contributed by atoms with Crippen molar-refractivity contribution in [1.82, 2.24) is 19.8 Å². The minimum absolute atomic E-state index is 0.0546. The van der Waals surface area contributed by atoms with Crippen molar-refractivity contribution in [2.75, 3.05) is 20.6 Å². The van der Waals surface area contributed by atoms with Crippen molar-refractivity contribution in [2.45, 2.75) is 19.9 Å². The summed E-state index contributed by atoms with van der Waals surface area (Å²) in [4.78, 5) is 19.2. The van der Waals surface area contributed by atoms with Gasteiger partial charge in [-0.1, -0.05) is 30.3 Å². The van der Waals surface area contributed by atoms with Crippen molar-refractivity contribution in [1.29, 1.82) is 0 Å². The number of hydrogen-bond acceptors (Lipinski definition) is 3. The molecule has 2 heterocycles. The number of nitrogens with zero attached hydrogens (tertiary/aromatic N) is 3. The monoisotopic (exact) mass is 362 g/mol. The number of aromatic nitrogens is 2. The van der Waals surface area contributed by atoms with Crippen LogP contribution in [0, 0.1) is 13.8 Å². The van der Waals surface area contributed by atoms with E-state index >= 15 is 0 Å². The lowest BCUT2D eigenvalue weighted by atomic mass is 10.1. The molecule has 1 unspecified atom stereocenters. The molecule has 0 saturated heterocycles. The summed E-state index contributed by atoms with van der Waals surface area (Å²) in [6.45, 7) is 4.52. The Kier molecular flexibility index (Phi) is 5.72. The quantitative estimate of drug-likeness (QED) is 0.730. The average molecular weight is 362 g/mol. The largest absolute Gasteiger partial charge is 0.350 e. The zero-order chi connectivity index (χ0) is 19.4. The number of carbonyl (C=O) groups is 1. The number of amides is 1. The van der Waals surface area contributed by atoms with Crippen molar-refractivity contribution < 1.29 is 4.79 Å². The van der Waals surface area contributed by atoms with E-state index < -0.39 is 0 Å². The fourth-order valence-corrected chi connectivity index (χ4v) is 3.43. The lowest BCUT2D eigenvalue weighted by molar-refractivity contribution is 0.0941. The van der Waals surface area contributed by atoms with Crippen LogP contribution in [0.5, 0.6) is 0 Å². The molecule has 1 aromatic carbocycles. The molecule has 0 radical (unpaired) electrons. The van der Waals surface area contributed by atoms with Gasteiger partial charge in [0.2, 0.25) is 0 Å². The van der Waals surface area contributed by atoms with Crippen LogP contribution in [0.3, 0.4) is 0 Å². The van der Waals surface area contributed by atoms with Crippen molar-refractivity contribution in [3.63, 3.8) is 0 Å². The number of likely N-dealkylation sites (N-methyl/N-ethyl adjacent to an activating group) is 1. The van der Waals surface area contributed by atoms with Gasteiger partial charge in [0, 0.05) is 24.1 Å². The molecule has 0 aliphatic carbocycles. The Labute approximate surface area is 160 Å². The molecule has 0 spiro atoms. The van der Waals surface area contributed by atoms with Crippen LogP contribution in [0.4, 0.5) is 0 Å². The lowest BCUT2D eigenvalue weighted by Gasteiger charge is -2.25. The van der Waals surface area contributed by atoms with Crippen LogP contribution in [0.1, 0.15) is 33.4 Å². The maximum atomic E-state index is 12.9. The molecule has 1 amide bonds. The van der Waals surface area contributed by atoms with E-state index in [0.29, 0.717) is 12.1 Å². The first kappa shape index (κ1) is 18.9. The van der Waals surface area contributed by atoms with Crippen LogP contribution >= 0.6 is 0 Å². The second-order valence-corrected chi connectivity index (χ2v) is 6.93. The summed E-state index contributed by atoms with van der Waals surface area (Å²) in [5.74, 6) is -0.0546. The summed E-state index contributed by atoms with van der Waals surface area (Å²) in [5, 5.41) is 3.10. The molecule has 2 aromatic heterocycles. The topological polar surface area (TPSA) is 50.2 Å². The van der Waals surface area contributed by atoms with Crippen LogP contribution in [0.2, 0.25) is 0 Å². The number of pyridine rings is 1. The first-order valence-corrected chi connectivity index (χ1v) is 9.08. The van der Waals surface area contributed by atoms with Crippen LogP contribution in [0.25, 0.3) is 5.69 Å². The highest BCUT2D eigenvalue weighted by molar-refractivity contribution is 5.96. The molecule has 0 bridgehead atoms. The minimum Gasteiger partial charge on any atom is -0.350 e. The third kappa shape index (κ3) is 4.09. The third-order valence-electron chi connectivity index (χ3n) is 4.84. The zero-order valence-corrected chi connectivity index (χ0v) is 16.3. The second-order valence-electron chi connectivity index (χ2n) is 6.93. The van der Waals surface area contributed by atoms with Gasteiger partial charge >= 0.3 is 0 Å². The SMILES string of the molecule is Cc1cc(C(=O)NCC(c2ccccc2)N(C)C)c(C)n1-c1cccnc1. The third-order valence-corrected chi connectivity index (χ3v) is 4.84. The highest BCUT2D eigenvalue weighted by Crippen LogP contribution is 2.21. The molecule has 1 atom stereocenters. The fourth-order valence-electron chi connectivity index (χ4n) is 3.43. The van der Waals surface area contributed by atoms with E-state index in [9.17, 15) is 4.79 Å². The van der Waals surface area contributed by atoms with Crippen molar-refractivity contribution >= 4 is 5.91 Å². The highest BCUT2D eigenvalue weighted by Gasteiger charge is 2.19. The molecule has 0 aliphatic heterocycles. The molecular formula is C22H26N4O. The van der Waals surface area contributed by atoms with Gasteiger partial charge in [-0.3, -0.25) is 9.78 Å². The van der Waals surface area contributed by atoms with E-state index in [-0.39, 0.29) is 11.9 Å². The van der Waals surface area contributed by atoms with E-state index in [4.69, 9.17) is 0 Å². The number of benzene rings is 1. The van der Waals surface area contributed by atoms with Gasteiger partial charge in [-0.15, -0.1) is 0 Å². The Morgan fingerprint density at radius 2 is 1.89 bits per heavy atom. The van der Waals surface area contributed by atoms with Gasteiger partial charge in [0.25, 0.3) is 5.91 Å². The van der Waals surface area contributed by atoms with E-state index in [1.807, 2.05) is 64.3 Å². The summed E-state index contributed by atoms with van der Waals surface area (Å²) in [6, 6.07) is 16.2. The molecule has 0 aliphatic rings. The second kappa shape index (κ2) is 8.18. The van der Waals surface area contributed by atoms with Crippen LogP contribution in [-0.2, 0) is 0 Å². The molecule has 0 fully saturated rings. The van der Waals surface area contributed by atoms with Gasteiger partial charge in [-0.2, -0.15) is 0 Å². The maximum absolute atomic E-state index is 12.9. The van der Waals surface area contributed by atoms with Gasteiger partial charge in [-0.25, -0.2) is 0 Å². The van der Waals surface area contributed by atoms with E-state index in [2.05, 4.69) is 31.9 Å². The van der Waals surface area contributed by atoms with Crippen LogP contribution < -0.4 is 5.32 Å². The highest BCUT2D eigenvalue weighted by atomic mass is 16.1. The molecule has 5 nitrogen and oxygen atoms in total. The summed E-state index contributed by atoms with van der Waals surface area (Å²) in [6.07, 6.45) is 3.55. The van der Waals surface area contributed by atoms with E-state index in [0.717, 1.165) is 17.1 Å². The molecule has 3 rings (SSSR count). The summed E-state index contributed by atoms with van der Waals surface area (Å²) in [5.41, 5.74) is 4.77. The smallest absolute Gasteiger partial charge is 0.253 e. The predicted octanol–water partition coefficient (Wildman–Crippen LogP) is 3.52. The molecular weight excluding hydrogens is 336 g/mol. The molecule has 3 aromatic rings. The van der Waals surface area contributed by atoms with Crippen LogP contribution in [-0.4, -0.2) is 41.0 Å². The maximum Gasteiger partial charge on any atom is 0.253 e. The summed E-state index contributed by atoms with van der Waals surface area (Å²) < 4.78 is 2.06. The lowest BCUT2D eigenvalue weighted by Crippen LogP contribution is -2.34. The Morgan fingerprint density at radius 1 is 1.15 bits per heavy atom. The van der Waals surface area contributed by atoms with Crippen molar-refractivity contribution in [3.05, 3.63) is 83.4 Å². The minimum atomic E-state index is -0.0546. The first-order valence-electron chi connectivity index (χ1n) is 9.08. The van der Waals surface area contributed by atoms with E-state index in [1.165, 1.54) is 5.56 Å². The standard InChI is InChI=1S/C22H26N4O/c1-16-13-20(17(2)26(16)19-11-8-12-23-14-19)22(27)24-15-21(25(3)4)18-9-6-5-7-10-18/h5-14,21H,15H2,1-4H3,(H,24,27). The Balaban J connectivity index is 1.79. The Bertz CT molecular complexity index is 901. The number of nitrogens with one attached hydrogen (secondary N) is 1. The molecule has 0 saturated carbocycles. The van der Waals surface area contributed by atoms with Crippen molar-refractivity contribution in [3.8, 4) is 5.69 Å². The van der Waals surface area contributed by atoms with Gasteiger partial charge in [0.05, 0.1) is 23.5 Å². The van der Waals surface area contributed by atoms with Crippen LogP contribution in [0.15, 0.2) is 60.9 Å². The number of rotatable bonds is 6. The normalized spacial score (nSPS) is 12.2. The zero-order valence-electron chi connectivity index (χ0n) is 16.3.